The van der Waals surface area contributed by atoms with E-state index in [2.05, 4.69) is 0 Å². The lowest BCUT2D eigenvalue weighted by molar-refractivity contribution is 0.0910. The van der Waals surface area contributed by atoms with Gasteiger partial charge in [0.15, 0.2) is 0 Å². The number of anilines is 2. The highest BCUT2D eigenvalue weighted by Crippen LogP contribution is 2.35. The van der Waals surface area contributed by atoms with Crippen LogP contribution in [0.25, 0.3) is 0 Å². The average Bonchev–Trinajstić information content (AvgIpc) is 3.27. The van der Waals surface area contributed by atoms with Gasteiger partial charge in [-0.1, -0.05) is 35.3 Å². The summed E-state index contributed by atoms with van der Waals surface area (Å²) < 4.78 is 5.97. The first-order valence-corrected chi connectivity index (χ1v) is 11.8. The summed E-state index contributed by atoms with van der Waals surface area (Å²) in [5.41, 5.74) is 1.67. The molecule has 180 valence electrons. The van der Waals surface area contributed by atoms with Gasteiger partial charge in [-0.2, -0.15) is 0 Å². The summed E-state index contributed by atoms with van der Waals surface area (Å²) in [6, 6.07) is 22.1. The Hall–Kier alpha value is -4.46. The number of nitrogens with zero attached hydrogens (tertiary/aromatic N) is 2. The van der Waals surface area contributed by atoms with Crippen LogP contribution in [0.2, 0.25) is 10.0 Å². The maximum atomic E-state index is 12.9. The van der Waals surface area contributed by atoms with Crippen LogP contribution in [0.4, 0.5) is 11.4 Å². The van der Waals surface area contributed by atoms with Crippen LogP contribution < -0.4 is 14.5 Å². The predicted molar refractivity (Wildman–Crippen MR) is 138 cm³/mol. The zero-order valence-corrected chi connectivity index (χ0v) is 20.3. The molecular weight excluding hydrogens is 515 g/mol. The SMILES string of the molecule is O=C1c2ccc(Cl)cc2C(=O)N1c1cccc(Oc2cccc(N3C(=O)c4ccc(Cl)cc4C3=O)c2)c1. The fourth-order valence-corrected chi connectivity index (χ4v) is 4.75. The zero-order valence-electron chi connectivity index (χ0n) is 18.8. The molecule has 2 aliphatic rings. The first-order chi connectivity index (χ1) is 17.8. The van der Waals surface area contributed by atoms with Crippen molar-refractivity contribution in [3.8, 4) is 11.5 Å². The Morgan fingerprint density at radius 2 is 0.892 bits per heavy atom. The molecule has 4 aromatic carbocycles. The maximum Gasteiger partial charge on any atom is 0.266 e. The Bertz CT molecular complexity index is 1560. The summed E-state index contributed by atoms with van der Waals surface area (Å²) in [6.45, 7) is 0. The number of carbonyl (C=O) groups is 4. The molecule has 6 rings (SSSR count). The first kappa shape index (κ1) is 23.0. The van der Waals surface area contributed by atoms with Crippen molar-refractivity contribution in [2.24, 2.45) is 0 Å². The molecule has 0 aromatic heterocycles. The van der Waals surface area contributed by atoms with E-state index < -0.39 is 23.6 Å². The topological polar surface area (TPSA) is 84.0 Å². The fraction of sp³-hybridized carbons (Fsp3) is 0. The Balaban J connectivity index is 1.27. The monoisotopic (exact) mass is 528 g/mol. The second kappa shape index (κ2) is 8.58. The number of ether oxygens (including phenoxy) is 1. The van der Waals surface area contributed by atoms with Crippen molar-refractivity contribution in [1.82, 2.24) is 0 Å². The van der Waals surface area contributed by atoms with Crippen LogP contribution in [0, 0.1) is 0 Å². The summed E-state index contributed by atoms with van der Waals surface area (Å²) >= 11 is 12.0. The molecule has 9 heteroatoms. The van der Waals surface area contributed by atoms with Crippen LogP contribution in [0.3, 0.4) is 0 Å². The van der Waals surface area contributed by atoms with Crippen molar-refractivity contribution in [2.75, 3.05) is 9.80 Å². The van der Waals surface area contributed by atoms with Crippen LogP contribution in [-0.4, -0.2) is 23.6 Å². The molecule has 0 N–H and O–H groups in total. The molecule has 7 nitrogen and oxygen atoms in total. The van der Waals surface area contributed by atoms with Crippen molar-refractivity contribution >= 4 is 58.2 Å². The van der Waals surface area contributed by atoms with Crippen molar-refractivity contribution in [3.63, 3.8) is 0 Å². The highest BCUT2D eigenvalue weighted by molar-refractivity contribution is 6.37. The van der Waals surface area contributed by atoms with Gasteiger partial charge in [0.05, 0.1) is 33.6 Å². The number of hydrogen-bond acceptors (Lipinski definition) is 5. The van der Waals surface area contributed by atoms with E-state index in [4.69, 9.17) is 27.9 Å². The van der Waals surface area contributed by atoms with Crippen molar-refractivity contribution in [2.45, 2.75) is 0 Å². The van der Waals surface area contributed by atoms with E-state index in [1.807, 2.05) is 0 Å². The molecule has 2 aliphatic heterocycles. The standard InChI is InChI=1S/C28H14Cl2N2O5/c29-15-7-9-21-23(11-15)27(35)31(25(21)33)17-3-1-5-19(13-17)37-20-6-2-4-18(14-20)32-26(34)22-10-8-16(30)12-24(22)28(32)36/h1-14H. The largest absolute Gasteiger partial charge is 0.457 e. The molecule has 0 aliphatic carbocycles. The molecule has 0 fully saturated rings. The second-order valence-corrected chi connectivity index (χ2v) is 9.24. The predicted octanol–water partition coefficient (Wildman–Crippen LogP) is 6.39. The smallest absolute Gasteiger partial charge is 0.266 e. The van der Waals surface area contributed by atoms with Crippen LogP contribution >= 0.6 is 23.2 Å². The molecular formula is C28H14Cl2N2O5. The third-order valence-corrected chi connectivity index (χ3v) is 6.55. The zero-order chi connectivity index (χ0) is 25.8. The van der Waals surface area contributed by atoms with E-state index in [-0.39, 0.29) is 22.3 Å². The number of carbonyl (C=O) groups excluding carboxylic acids is 4. The van der Waals surface area contributed by atoms with Crippen molar-refractivity contribution in [1.29, 1.82) is 0 Å². The number of rotatable bonds is 4. The minimum atomic E-state index is -0.479. The molecule has 2 heterocycles. The molecule has 0 saturated carbocycles. The minimum absolute atomic E-state index is 0.235. The van der Waals surface area contributed by atoms with Crippen LogP contribution in [0.1, 0.15) is 41.4 Å². The number of amides is 4. The molecule has 37 heavy (non-hydrogen) atoms. The number of benzene rings is 4. The number of hydrogen-bond donors (Lipinski definition) is 0. The lowest BCUT2D eigenvalue weighted by atomic mass is 10.1. The summed E-state index contributed by atoms with van der Waals surface area (Å²) in [4.78, 5) is 53.8. The van der Waals surface area contributed by atoms with Gasteiger partial charge in [-0.15, -0.1) is 0 Å². The number of imide groups is 2. The third-order valence-electron chi connectivity index (χ3n) is 6.08. The Morgan fingerprint density at radius 1 is 0.486 bits per heavy atom. The summed E-state index contributed by atoms with van der Waals surface area (Å²) in [5, 5.41) is 0.722. The average molecular weight is 529 g/mol. The van der Waals surface area contributed by atoms with Crippen molar-refractivity contribution < 1.29 is 23.9 Å². The van der Waals surface area contributed by atoms with Crippen molar-refractivity contribution in [3.05, 3.63) is 117 Å². The highest BCUT2D eigenvalue weighted by atomic mass is 35.5. The summed E-state index contributed by atoms with van der Waals surface area (Å²) in [7, 11) is 0. The first-order valence-electron chi connectivity index (χ1n) is 11.1. The molecule has 4 aromatic rings. The lowest BCUT2D eigenvalue weighted by Gasteiger charge is -2.17. The molecule has 0 spiro atoms. The van der Waals surface area contributed by atoms with Crippen LogP contribution in [0.15, 0.2) is 84.9 Å². The normalized spacial score (nSPS) is 14.3. The summed E-state index contributed by atoms with van der Waals surface area (Å²) in [6.07, 6.45) is 0. The van der Waals surface area contributed by atoms with Gasteiger partial charge < -0.3 is 4.74 Å². The highest BCUT2D eigenvalue weighted by Gasteiger charge is 2.38. The molecule has 0 atom stereocenters. The van der Waals surface area contributed by atoms with Gasteiger partial charge in [0.2, 0.25) is 0 Å². The quantitative estimate of drug-likeness (QED) is 0.286. The Labute approximate surface area is 220 Å². The van der Waals surface area contributed by atoms with Gasteiger partial charge >= 0.3 is 0 Å². The molecule has 0 unspecified atom stereocenters. The lowest BCUT2D eigenvalue weighted by Crippen LogP contribution is -2.29. The van der Waals surface area contributed by atoms with Gasteiger partial charge in [0.1, 0.15) is 11.5 Å². The minimum Gasteiger partial charge on any atom is -0.457 e. The van der Waals surface area contributed by atoms with Gasteiger partial charge in [-0.3, -0.25) is 19.2 Å². The van der Waals surface area contributed by atoms with Gasteiger partial charge in [-0.05, 0) is 60.7 Å². The van der Waals surface area contributed by atoms with E-state index in [9.17, 15) is 19.2 Å². The summed E-state index contributed by atoms with van der Waals surface area (Å²) in [5.74, 6) is -1.18. The molecule has 4 amide bonds. The number of fused-ring (bicyclic) bond motifs is 2. The Kier molecular flexibility index (Phi) is 5.33. The van der Waals surface area contributed by atoms with E-state index in [1.165, 1.54) is 24.3 Å². The third kappa shape index (κ3) is 3.76. The molecule has 0 saturated heterocycles. The molecule has 0 radical (unpaired) electrons. The van der Waals surface area contributed by atoms with Gasteiger partial charge in [0.25, 0.3) is 23.6 Å². The second-order valence-electron chi connectivity index (χ2n) is 8.37. The number of halogens is 2. The van der Waals surface area contributed by atoms with Gasteiger partial charge in [-0.25, -0.2) is 9.80 Å². The van der Waals surface area contributed by atoms with Gasteiger partial charge in [0, 0.05) is 22.2 Å². The van der Waals surface area contributed by atoms with E-state index in [0.717, 1.165) is 9.80 Å². The van der Waals surface area contributed by atoms with E-state index in [0.29, 0.717) is 32.9 Å². The Morgan fingerprint density at radius 3 is 1.32 bits per heavy atom. The van der Waals surface area contributed by atoms with Crippen LogP contribution in [0.5, 0.6) is 11.5 Å². The maximum absolute atomic E-state index is 12.9. The fourth-order valence-electron chi connectivity index (χ4n) is 4.40. The molecule has 0 bridgehead atoms. The van der Waals surface area contributed by atoms with Crippen LogP contribution in [-0.2, 0) is 0 Å². The van der Waals surface area contributed by atoms with E-state index >= 15 is 0 Å². The van der Waals surface area contributed by atoms with E-state index in [1.54, 1.807) is 60.7 Å².